The van der Waals surface area contributed by atoms with Crippen LogP contribution in [0.15, 0.2) is 40.0 Å². The molecule has 2 heterocycles. The topological polar surface area (TPSA) is 146 Å². The van der Waals surface area contributed by atoms with Crippen molar-refractivity contribution in [1.29, 1.82) is 0 Å². The summed E-state index contributed by atoms with van der Waals surface area (Å²) in [6.45, 7) is 6.47. The number of imidazole rings is 1. The number of ether oxygens (including phenoxy) is 1. The van der Waals surface area contributed by atoms with Crippen LogP contribution in [0.4, 0.5) is 10.8 Å². The number of aromatic amines is 1. The predicted molar refractivity (Wildman–Crippen MR) is 130 cm³/mol. The number of nitrogens with one attached hydrogen (secondary N) is 3. The summed E-state index contributed by atoms with van der Waals surface area (Å²) in [6, 6.07) is 5.41. The van der Waals surface area contributed by atoms with E-state index in [-0.39, 0.29) is 11.6 Å². The largest absolute Gasteiger partial charge is 0.491 e. The standard InChI is InChI=1S/C22H25N5O5S2/c1-12(2)11-32-16-8-13(3)4-5-14(16)25-17(28)10-18(29)27-22-26-15(9-19(30)31)20(34-22)33-21-23-6-7-24-21/h4-8,12H,9-11H2,1-3H3,(H,23,24)(H,25,28)(H,30,31)(H,26,27,29). The zero-order valence-electron chi connectivity index (χ0n) is 18.9. The van der Waals surface area contributed by atoms with Crippen LogP contribution < -0.4 is 15.4 Å². The van der Waals surface area contributed by atoms with Gasteiger partial charge in [-0.2, -0.15) is 0 Å². The third-order valence-electron chi connectivity index (χ3n) is 4.19. The molecule has 0 saturated carbocycles. The van der Waals surface area contributed by atoms with E-state index in [1.54, 1.807) is 18.5 Å². The van der Waals surface area contributed by atoms with Gasteiger partial charge >= 0.3 is 5.97 Å². The molecule has 4 N–H and O–H groups in total. The Morgan fingerprint density at radius 2 is 2.00 bits per heavy atom. The van der Waals surface area contributed by atoms with Gasteiger partial charge in [-0.1, -0.05) is 31.3 Å². The van der Waals surface area contributed by atoms with Gasteiger partial charge in [0.25, 0.3) is 0 Å². The number of hydrogen-bond acceptors (Lipinski definition) is 8. The second kappa shape index (κ2) is 11.7. The van der Waals surface area contributed by atoms with Crippen molar-refractivity contribution in [3.63, 3.8) is 0 Å². The minimum absolute atomic E-state index is 0.208. The van der Waals surface area contributed by atoms with Gasteiger partial charge in [0.1, 0.15) is 12.2 Å². The Morgan fingerprint density at radius 3 is 2.68 bits per heavy atom. The van der Waals surface area contributed by atoms with Crippen molar-refractivity contribution in [2.24, 2.45) is 5.92 Å². The highest BCUT2D eigenvalue weighted by atomic mass is 32.2. The Balaban J connectivity index is 1.63. The van der Waals surface area contributed by atoms with Crippen molar-refractivity contribution in [2.45, 2.75) is 43.0 Å². The van der Waals surface area contributed by atoms with Gasteiger partial charge in [-0.05, 0) is 42.3 Å². The average molecular weight is 504 g/mol. The van der Waals surface area contributed by atoms with Crippen molar-refractivity contribution in [3.05, 3.63) is 41.9 Å². The second-order valence-corrected chi connectivity index (χ2v) is 10.1. The molecule has 0 spiro atoms. The van der Waals surface area contributed by atoms with E-state index in [9.17, 15) is 14.4 Å². The molecule has 0 saturated heterocycles. The highest BCUT2D eigenvalue weighted by Gasteiger charge is 2.19. The van der Waals surface area contributed by atoms with E-state index in [0.29, 0.717) is 39.0 Å². The van der Waals surface area contributed by atoms with Crippen LogP contribution in [0.5, 0.6) is 5.75 Å². The van der Waals surface area contributed by atoms with Crippen molar-refractivity contribution >= 4 is 51.7 Å². The SMILES string of the molecule is Cc1ccc(NC(=O)CC(=O)Nc2nc(CC(=O)O)c(Sc3ncc[nH]3)s2)c(OCC(C)C)c1. The fourth-order valence-electron chi connectivity index (χ4n) is 2.73. The lowest BCUT2D eigenvalue weighted by atomic mass is 10.2. The Kier molecular flexibility index (Phi) is 8.66. The van der Waals surface area contributed by atoms with Gasteiger partial charge in [0.15, 0.2) is 10.3 Å². The average Bonchev–Trinajstić information content (AvgIpc) is 3.38. The van der Waals surface area contributed by atoms with Crippen LogP contribution in [0, 0.1) is 12.8 Å². The van der Waals surface area contributed by atoms with Crippen LogP contribution in [0.1, 0.15) is 31.5 Å². The van der Waals surface area contributed by atoms with E-state index < -0.39 is 24.2 Å². The van der Waals surface area contributed by atoms with Crippen LogP contribution >= 0.6 is 23.1 Å². The lowest BCUT2D eigenvalue weighted by molar-refractivity contribution is -0.136. The minimum atomic E-state index is -1.04. The van der Waals surface area contributed by atoms with Gasteiger partial charge in [0.2, 0.25) is 11.8 Å². The number of benzene rings is 1. The van der Waals surface area contributed by atoms with Gasteiger partial charge in [-0.15, -0.1) is 0 Å². The number of hydrogen-bond donors (Lipinski definition) is 4. The number of aliphatic carboxylic acids is 1. The molecule has 10 nitrogen and oxygen atoms in total. The first-order valence-electron chi connectivity index (χ1n) is 10.4. The number of carboxylic acids is 1. The first-order valence-corrected chi connectivity index (χ1v) is 12.0. The van der Waals surface area contributed by atoms with Crippen molar-refractivity contribution in [1.82, 2.24) is 15.0 Å². The molecule has 12 heteroatoms. The van der Waals surface area contributed by atoms with E-state index >= 15 is 0 Å². The summed E-state index contributed by atoms with van der Waals surface area (Å²) in [5.41, 5.74) is 1.78. The minimum Gasteiger partial charge on any atom is -0.491 e. The summed E-state index contributed by atoms with van der Waals surface area (Å²) in [4.78, 5) is 47.4. The van der Waals surface area contributed by atoms with Crippen LogP contribution in [0.25, 0.3) is 0 Å². The summed E-state index contributed by atoms with van der Waals surface area (Å²) in [7, 11) is 0. The molecule has 0 unspecified atom stereocenters. The quantitative estimate of drug-likeness (QED) is 0.288. The molecule has 2 aromatic heterocycles. The first-order chi connectivity index (χ1) is 16.2. The van der Waals surface area contributed by atoms with E-state index in [1.807, 2.05) is 32.9 Å². The molecule has 3 rings (SSSR count). The normalized spacial score (nSPS) is 10.8. The third-order valence-corrected chi connectivity index (χ3v) is 6.34. The Labute approximate surface area is 204 Å². The molecule has 180 valence electrons. The number of carbonyl (C=O) groups is 3. The molecule has 0 bridgehead atoms. The first kappa shape index (κ1) is 25.2. The molecule has 34 heavy (non-hydrogen) atoms. The molecule has 0 atom stereocenters. The van der Waals surface area contributed by atoms with Crippen LogP contribution in [0.3, 0.4) is 0 Å². The van der Waals surface area contributed by atoms with Gasteiger partial charge in [0, 0.05) is 12.4 Å². The predicted octanol–water partition coefficient (Wildman–Crippen LogP) is 3.96. The number of H-pyrrole nitrogens is 1. The number of carbonyl (C=O) groups excluding carboxylic acids is 2. The molecule has 0 radical (unpaired) electrons. The number of aromatic nitrogens is 3. The second-order valence-electron chi connectivity index (χ2n) is 7.80. The zero-order valence-corrected chi connectivity index (χ0v) is 20.5. The number of aryl methyl sites for hydroxylation is 1. The Hall–Kier alpha value is -3.38. The fourth-order valence-corrected chi connectivity index (χ4v) is 4.76. The van der Waals surface area contributed by atoms with E-state index in [4.69, 9.17) is 9.84 Å². The van der Waals surface area contributed by atoms with Gasteiger partial charge in [-0.25, -0.2) is 9.97 Å². The van der Waals surface area contributed by atoms with E-state index in [0.717, 1.165) is 16.9 Å². The third kappa shape index (κ3) is 7.59. The maximum Gasteiger partial charge on any atom is 0.309 e. The summed E-state index contributed by atoms with van der Waals surface area (Å²) >= 11 is 2.33. The van der Waals surface area contributed by atoms with Gasteiger partial charge in [-0.3, -0.25) is 14.4 Å². The number of rotatable bonds is 11. The number of nitrogens with zero attached hydrogens (tertiary/aromatic N) is 2. The molecule has 1 aromatic carbocycles. The van der Waals surface area contributed by atoms with Gasteiger partial charge < -0.3 is 25.5 Å². The van der Waals surface area contributed by atoms with Crippen LogP contribution in [0.2, 0.25) is 0 Å². The lowest BCUT2D eigenvalue weighted by Gasteiger charge is -2.14. The lowest BCUT2D eigenvalue weighted by Crippen LogP contribution is -2.22. The van der Waals surface area contributed by atoms with E-state index in [2.05, 4.69) is 25.6 Å². The monoisotopic (exact) mass is 503 g/mol. The molecule has 0 aliphatic carbocycles. The summed E-state index contributed by atoms with van der Waals surface area (Å²) < 4.78 is 6.38. The highest BCUT2D eigenvalue weighted by Crippen LogP contribution is 2.36. The number of carboxylic acid groups (broad SMARTS) is 1. The van der Waals surface area contributed by atoms with Crippen molar-refractivity contribution in [2.75, 3.05) is 17.2 Å². The summed E-state index contributed by atoms with van der Waals surface area (Å²) in [5, 5.41) is 15.2. The Morgan fingerprint density at radius 1 is 1.24 bits per heavy atom. The molecule has 3 aromatic rings. The van der Waals surface area contributed by atoms with Crippen molar-refractivity contribution < 1.29 is 24.2 Å². The molecule has 2 amide bonds. The smallest absolute Gasteiger partial charge is 0.309 e. The maximum atomic E-state index is 12.5. The van der Waals surface area contributed by atoms with E-state index in [1.165, 1.54) is 11.8 Å². The molecular formula is C22H25N5O5S2. The molecule has 0 aliphatic heterocycles. The fraction of sp³-hybridized carbons (Fsp3) is 0.318. The maximum absolute atomic E-state index is 12.5. The summed E-state index contributed by atoms with van der Waals surface area (Å²) in [5.74, 6) is -1.27. The van der Waals surface area contributed by atoms with Crippen LogP contribution in [-0.4, -0.2) is 44.4 Å². The zero-order chi connectivity index (χ0) is 24.7. The van der Waals surface area contributed by atoms with Gasteiger partial charge in [0.05, 0.1) is 28.6 Å². The van der Waals surface area contributed by atoms with Crippen LogP contribution in [-0.2, 0) is 20.8 Å². The number of anilines is 2. The number of thiazole rings is 1. The molecule has 0 aliphatic rings. The molecular weight excluding hydrogens is 478 g/mol. The molecule has 0 fully saturated rings. The Bertz CT molecular complexity index is 1160. The van der Waals surface area contributed by atoms with Crippen molar-refractivity contribution in [3.8, 4) is 5.75 Å². The highest BCUT2D eigenvalue weighted by molar-refractivity contribution is 8.01. The summed E-state index contributed by atoms with van der Waals surface area (Å²) in [6.07, 6.45) is 2.48. The number of amides is 2.